The summed E-state index contributed by atoms with van der Waals surface area (Å²) in [7, 11) is 1.66. The summed E-state index contributed by atoms with van der Waals surface area (Å²) in [5.74, 6) is -0.172. The third kappa shape index (κ3) is 3.11. The molecule has 2 N–H and O–H groups in total. The van der Waals surface area contributed by atoms with Gasteiger partial charge in [-0.1, -0.05) is 11.6 Å². The van der Waals surface area contributed by atoms with Gasteiger partial charge >= 0.3 is 0 Å². The maximum absolute atomic E-state index is 12.0. The van der Waals surface area contributed by atoms with Crippen molar-refractivity contribution in [2.45, 2.75) is 19.4 Å². The van der Waals surface area contributed by atoms with E-state index < -0.39 is 0 Å². The Morgan fingerprint density at radius 2 is 2.29 bits per heavy atom. The van der Waals surface area contributed by atoms with Crippen LogP contribution in [0.5, 0.6) is 0 Å². The molecular weight excluding hydrogens is 238 g/mol. The fourth-order valence-electron chi connectivity index (χ4n) is 1.33. The molecule has 0 bridgehead atoms. The van der Waals surface area contributed by atoms with Crippen molar-refractivity contribution in [1.82, 2.24) is 4.90 Å². The molecular formula is C12H14ClN3O. The highest BCUT2D eigenvalue weighted by atomic mass is 35.5. The second-order valence-electron chi connectivity index (χ2n) is 3.86. The minimum Gasteiger partial charge on any atom is -0.398 e. The second-order valence-corrected chi connectivity index (χ2v) is 4.27. The van der Waals surface area contributed by atoms with Gasteiger partial charge in [0.05, 0.1) is 23.2 Å². The van der Waals surface area contributed by atoms with Crippen LogP contribution in [0, 0.1) is 11.3 Å². The highest BCUT2D eigenvalue weighted by molar-refractivity contribution is 6.33. The minimum atomic E-state index is -0.172. The number of rotatable bonds is 3. The number of nitrogens with two attached hydrogens (primary N) is 1. The van der Waals surface area contributed by atoms with Crippen LogP contribution < -0.4 is 5.73 Å². The summed E-state index contributed by atoms with van der Waals surface area (Å²) in [4.78, 5) is 13.6. The SMILES string of the molecule is CC(CC#N)N(C)C(=O)c1ccc(N)c(Cl)c1. The van der Waals surface area contributed by atoms with Crippen molar-refractivity contribution < 1.29 is 4.79 Å². The summed E-state index contributed by atoms with van der Waals surface area (Å²) in [6.45, 7) is 1.82. The molecule has 0 fully saturated rings. The summed E-state index contributed by atoms with van der Waals surface area (Å²) in [6.07, 6.45) is 0.297. The van der Waals surface area contributed by atoms with Crippen molar-refractivity contribution in [2.24, 2.45) is 0 Å². The fourth-order valence-corrected chi connectivity index (χ4v) is 1.51. The second kappa shape index (κ2) is 5.55. The number of nitrogen functional groups attached to an aromatic ring is 1. The van der Waals surface area contributed by atoms with E-state index in [2.05, 4.69) is 0 Å². The average molecular weight is 252 g/mol. The topological polar surface area (TPSA) is 70.1 Å². The highest BCUT2D eigenvalue weighted by Crippen LogP contribution is 2.20. The predicted octanol–water partition coefficient (Wildman–Crippen LogP) is 2.30. The van der Waals surface area contributed by atoms with E-state index in [0.717, 1.165) is 0 Å². The van der Waals surface area contributed by atoms with E-state index >= 15 is 0 Å². The van der Waals surface area contributed by atoms with E-state index in [-0.39, 0.29) is 11.9 Å². The number of carbonyl (C=O) groups excluding carboxylic acids is 1. The lowest BCUT2D eigenvalue weighted by molar-refractivity contribution is 0.0746. The normalized spacial score (nSPS) is 11.6. The van der Waals surface area contributed by atoms with Gasteiger partial charge in [-0.05, 0) is 25.1 Å². The average Bonchev–Trinajstić information content (AvgIpc) is 2.31. The van der Waals surface area contributed by atoms with Gasteiger partial charge in [-0.25, -0.2) is 0 Å². The molecule has 0 aliphatic carbocycles. The summed E-state index contributed by atoms with van der Waals surface area (Å²) in [5.41, 5.74) is 6.48. The Morgan fingerprint density at radius 3 is 2.82 bits per heavy atom. The lowest BCUT2D eigenvalue weighted by Crippen LogP contribution is -2.34. The van der Waals surface area contributed by atoms with Crippen molar-refractivity contribution >= 4 is 23.2 Å². The maximum atomic E-state index is 12.0. The van der Waals surface area contributed by atoms with Crippen LogP contribution in [-0.4, -0.2) is 23.9 Å². The van der Waals surface area contributed by atoms with Crippen molar-refractivity contribution in [2.75, 3.05) is 12.8 Å². The van der Waals surface area contributed by atoms with Gasteiger partial charge in [0, 0.05) is 18.7 Å². The molecule has 0 aromatic heterocycles. The van der Waals surface area contributed by atoms with Gasteiger partial charge < -0.3 is 10.6 Å². The van der Waals surface area contributed by atoms with Crippen LogP contribution in [0.1, 0.15) is 23.7 Å². The van der Waals surface area contributed by atoms with Crippen LogP contribution in [0.15, 0.2) is 18.2 Å². The molecule has 0 saturated heterocycles. The van der Waals surface area contributed by atoms with Crippen molar-refractivity contribution in [1.29, 1.82) is 5.26 Å². The zero-order valence-corrected chi connectivity index (χ0v) is 10.5. The van der Waals surface area contributed by atoms with Crippen molar-refractivity contribution in [3.63, 3.8) is 0 Å². The monoisotopic (exact) mass is 251 g/mol. The molecule has 90 valence electrons. The van der Waals surface area contributed by atoms with Crippen LogP contribution in [0.25, 0.3) is 0 Å². The Kier molecular flexibility index (Phi) is 4.36. The number of anilines is 1. The molecule has 4 nitrogen and oxygen atoms in total. The van der Waals surface area contributed by atoms with E-state index in [0.29, 0.717) is 22.7 Å². The van der Waals surface area contributed by atoms with E-state index in [1.807, 2.05) is 13.0 Å². The van der Waals surface area contributed by atoms with E-state index in [4.69, 9.17) is 22.6 Å². The number of amides is 1. The van der Waals surface area contributed by atoms with Gasteiger partial charge in [-0.3, -0.25) is 4.79 Å². The molecule has 0 saturated carbocycles. The molecule has 0 radical (unpaired) electrons. The molecule has 0 aliphatic rings. The lowest BCUT2D eigenvalue weighted by Gasteiger charge is -2.23. The molecule has 5 heteroatoms. The minimum absolute atomic E-state index is 0.135. The molecule has 1 aromatic carbocycles. The van der Waals surface area contributed by atoms with Gasteiger partial charge in [0.25, 0.3) is 5.91 Å². The van der Waals surface area contributed by atoms with Crippen molar-refractivity contribution in [3.05, 3.63) is 28.8 Å². The van der Waals surface area contributed by atoms with Gasteiger partial charge in [-0.15, -0.1) is 0 Å². The molecule has 1 rings (SSSR count). The zero-order valence-electron chi connectivity index (χ0n) is 9.77. The van der Waals surface area contributed by atoms with E-state index in [1.165, 1.54) is 11.0 Å². The number of hydrogen-bond acceptors (Lipinski definition) is 3. The molecule has 0 aliphatic heterocycles. The van der Waals surface area contributed by atoms with Crippen LogP contribution >= 0.6 is 11.6 Å². The van der Waals surface area contributed by atoms with Crippen LogP contribution in [0.4, 0.5) is 5.69 Å². The number of benzene rings is 1. The van der Waals surface area contributed by atoms with E-state index in [1.54, 1.807) is 19.2 Å². The summed E-state index contributed by atoms with van der Waals surface area (Å²) >= 11 is 5.86. The van der Waals surface area contributed by atoms with Crippen LogP contribution in [0.3, 0.4) is 0 Å². The molecule has 0 spiro atoms. The van der Waals surface area contributed by atoms with Crippen LogP contribution in [-0.2, 0) is 0 Å². The Morgan fingerprint density at radius 1 is 1.65 bits per heavy atom. The first-order valence-electron chi connectivity index (χ1n) is 5.16. The summed E-state index contributed by atoms with van der Waals surface area (Å²) < 4.78 is 0. The van der Waals surface area contributed by atoms with Gasteiger partial charge in [-0.2, -0.15) is 5.26 Å². The molecule has 1 atom stereocenters. The number of halogens is 1. The Balaban J connectivity index is 2.89. The number of carbonyl (C=O) groups is 1. The molecule has 1 aromatic rings. The van der Waals surface area contributed by atoms with Crippen LogP contribution in [0.2, 0.25) is 5.02 Å². The Bertz CT molecular complexity index is 467. The standard InChI is InChI=1S/C12H14ClN3O/c1-8(5-6-14)16(2)12(17)9-3-4-11(15)10(13)7-9/h3-4,7-8H,5,15H2,1-2H3. The number of nitrogens with zero attached hydrogens (tertiary/aromatic N) is 2. The smallest absolute Gasteiger partial charge is 0.253 e. The summed E-state index contributed by atoms with van der Waals surface area (Å²) in [5, 5.41) is 8.95. The first-order valence-corrected chi connectivity index (χ1v) is 5.54. The molecule has 0 heterocycles. The molecule has 17 heavy (non-hydrogen) atoms. The molecule has 1 amide bonds. The Hall–Kier alpha value is -1.73. The quantitative estimate of drug-likeness (QED) is 0.838. The van der Waals surface area contributed by atoms with Gasteiger partial charge in [0.15, 0.2) is 0 Å². The number of nitriles is 1. The van der Waals surface area contributed by atoms with Crippen molar-refractivity contribution in [3.8, 4) is 6.07 Å². The number of hydrogen-bond donors (Lipinski definition) is 1. The third-order valence-electron chi connectivity index (χ3n) is 2.62. The molecule has 1 unspecified atom stereocenters. The highest BCUT2D eigenvalue weighted by Gasteiger charge is 2.17. The van der Waals surface area contributed by atoms with E-state index in [9.17, 15) is 4.79 Å². The largest absolute Gasteiger partial charge is 0.398 e. The summed E-state index contributed by atoms with van der Waals surface area (Å²) in [6, 6.07) is 6.66. The maximum Gasteiger partial charge on any atom is 0.253 e. The third-order valence-corrected chi connectivity index (χ3v) is 2.94. The first-order chi connectivity index (χ1) is 7.97. The van der Waals surface area contributed by atoms with Gasteiger partial charge in [0.1, 0.15) is 0 Å². The lowest BCUT2D eigenvalue weighted by atomic mass is 10.1. The Labute approximate surface area is 106 Å². The van der Waals surface area contributed by atoms with Gasteiger partial charge in [0.2, 0.25) is 0 Å². The fraction of sp³-hybridized carbons (Fsp3) is 0.333. The first kappa shape index (κ1) is 13.3. The zero-order chi connectivity index (χ0) is 13.0. The predicted molar refractivity (Wildman–Crippen MR) is 67.6 cm³/mol.